The third kappa shape index (κ3) is 8.99. The van der Waals surface area contributed by atoms with Gasteiger partial charge in [-0.05, 0) is 109 Å². The number of hydrogen-bond acceptors (Lipinski definition) is 8. The highest BCUT2D eigenvalue weighted by molar-refractivity contribution is 6.05. The Kier molecular flexibility index (Phi) is 10.9. The predicted octanol–water partition coefficient (Wildman–Crippen LogP) is 7.35. The average Bonchev–Trinajstić information content (AvgIpc) is 2.97. The molecule has 1 aromatic heterocycles. The molecule has 2 amide bonds. The van der Waals surface area contributed by atoms with E-state index in [9.17, 15) is 19.2 Å². The van der Waals surface area contributed by atoms with E-state index in [-0.39, 0.29) is 17.8 Å². The van der Waals surface area contributed by atoms with E-state index in [0.29, 0.717) is 65.2 Å². The zero-order valence-electron chi connectivity index (χ0n) is 27.8. The number of rotatable bonds is 9. The van der Waals surface area contributed by atoms with Gasteiger partial charge in [0.1, 0.15) is 28.4 Å². The monoisotopic (exact) mass is 632 g/mol. The number of ether oxygens (including phenoxy) is 3. The highest BCUT2D eigenvalue weighted by Crippen LogP contribution is 2.29. The summed E-state index contributed by atoms with van der Waals surface area (Å²) in [5, 5.41) is 3.28. The van der Waals surface area contributed by atoms with Gasteiger partial charge in [-0.15, -0.1) is 0 Å². The van der Waals surface area contributed by atoms with Gasteiger partial charge in [0.25, 0.3) is 5.91 Å². The fourth-order valence-electron chi connectivity index (χ4n) is 5.36. The molecule has 0 spiro atoms. The smallest absolute Gasteiger partial charge is 0.410 e. The quantitative estimate of drug-likeness (QED) is 0.112. The summed E-state index contributed by atoms with van der Waals surface area (Å²) >= 11 is 0. The van der Waals surface area contributed by atoms with Crippen molar-refractivity contribution in [2.45, 2.75) is 92.2 Å². The van der Waals surface area contributed by atoms with Gasteiger partial charge in [0, 0.05) is 42.4 Å². The summed E-state index contributed by atoms with van der Waals surface area (Å²) in [4.78, 5) is 52.2. The van der Waals surface area contributed by atoms with E-state index in [2.05, 4.69) is 5.32 Å². The molecule has 3 aromatic rings. The number of amides is 2. The topological polar surface area (TPSA) is 124 Å². The molecule has 0 saturated carbocycles. The largest absolute Gasteiger partial charge is 0.493 e. The molecule has 4 rings (SSSR count). The number of aryl methyl sites for hydroxylation is 1. The van der Waals surface area contributed by atoms with Gasteiger partial charge in [0.05, 0.1) is 6.61 Å². The first-order valence-corrected chi connectivity index (χ1v) is 15.7. The Balaban J connectivity index is 1.46. The molecule has 246 valence electrons. The van der Waals surface area contributed by atoms with Crippen LogP contribution < -0.4 is 20.4 Å². The standard InChI is InChI=1S/C36H44N2O8/c1-22(2)11-12-25-20-27(14-16-31(25)44-24(4)39)33(40)37-29-21-26-13-15-30(23(3)32(26)45-34(29)41)43-19-17-28-10-8-9-18-38(28)35(42)46-36(5,6)7/h11,13-16,20-21,28H,8-10,12,17-19H2,1-7H3,(H,37,40). The fraction of sp³-hybridized carbons (Fsp3) is 0.444. The van der Waals surface area contributed by atoms with E-state index in [0.717, 1.165) is 24.8 Å². The van der Waals surface area contributed by atoms with E-state index in [1.165, 1.54) is 13.0 Å². The van der Waals surface area contributed by atoms with Gasteiger partial charge in [-0.25, -0.2) is 9.59 Å². The molecular weight excluding hydrogens is 588 g/mol. The van der Waals surface area contributed by atoms with Crippen LogP contribution in [0.2, 0.25) is 0 Å². The maximum atomic E-state index is 13.2. The van der Waals surface area contributed by atoms with Crippen molar-refractivity contribution in [1.29, 1.82) is 0 Å². The molecular formula is C36H44N2O8. The van der Waals surface area contributed by atoms with Gasteiger partial charge in [-0.2, -0.15) is 0 Å². The highest BCUT2D eigenvalue weighted by Gasteiger charge is 2.30. The van der Waals surface area contributed by atoms with E-state index < -0.39 is 23.1 Å². The Labute approximate surface area is 269 Å². The number of nitrogens with one attached hydrogen (secondary N) is 1. The molecule has 1 fully saturated rings. The number of carbonyl (C=O) groups excluding carboxylic acids is 3. The molecule has 1 aliphatic heterocycles. The van der Waals surface area contributed by atoms with Gasteiger partial charge < -0.3 is 28.8 Å². The van der Waals surface area contributed by atoms with Crippen LogP contribution in [-0.4, -0.2) is 47.7 Å². The second-order valence-corrected chi connectivity index (χ2v) is 12.9. The van der Waals surface area contributed by atoms with Gasteiger partial charge in [-0.3, -0.25) is 9.59 Å². The molecule has 1 saturated heterocycles. The molecule has 10 nitrogen and oxygen atoms in total. The van der Waals surface area contributed by atoms with E-state index in [1.807, 2.05) is 47.6 Å². The van der Waals surface area contributed by atoms with Crippen LogP contribution in [0.1, 0.15) is 88.7 Å². The van der Waals surface area contributed by atoms with Crippen LogP contribution in [0.25, 0.3) is 11.0 Å². The van der Waals surface area contributed by atoms with Crippen molar-refractivity contribution in [3.8, 4) is 11.5 Å². The van der Waals surface area contributed by atoms with Gasteiger partial charge in [0.2, 0.25) is 0 Å². The van der Waals surface area contributed by atoms with Crippen LogP contribution >= 0.6 is 0 Å². The van der Waals surface area contributed by atoms with Crippen molar-refractivity contribution >= 4 is 34.6 Å². The Morgan fingerprint density at radius 3 is 2.48 bits per heavy atom. The predicted molar refractivity (Wildman–Crippen MR) is 177 cm³/mol. The first-order valence-electron chi connectivity index (χ1n) is 15.7. The summed E-state index contributed by atoms with van der Waals surface area (Å²) < 4.78 is 22.7. The second kappa shape index (κ2) is 14.7. The Morgan fingerprint density at radius 2 is 1.78 bits per heavy atom. The first-order chi connectivity index (χ1) is 21.7. The number of hydrogen-bond donors (Lipinski definition) is 1. The molecule has 1 unspecified atom stereocenters. The number of carbonyl (C=O) groups is 3. The van der Waals surface area contributed by atoms with E-state index >= 15 is 0 Å². The minimum atomic E-state index is -0.697. The molecule has 10 heteroatoms. The third-order valence-electron chi connectivity index (χ3n) is 7.62. The summed E-state index contributed by atoms with van der Waals surface area (Å²) in [5.74, 6) is -0.00942. The molecule has 1 N–H and O–H groups in total. The van der Waals surface area contributed by atoms with Crippen molar-refractivity contribution in [2.24, 2.45) is 0 Å². The molecule has 2 aromatic carbocycles. The minimum Gasteiger partial charge on any atom is -0.493 e. The molecule has 0 radical (unpaired) electrons. The van der Waals surface area contributed by atoms with Crippen LogP contribution in [0.5, 0.6) is 11.5 Å². The number of nitrogens with zero attached hydrogens (tertiary/aromatic N) is 1. The summed E-state index contributed by atoms with van der Waals surface area (Å²) in [6.07, 6.45) is 5.65. The summed E-state index contributed by atoms with van der Waals surface area (Å²) in [7, 11) is 0. The SMILES string of the molecule is CC(=O)Oc1ccc(C(=O)Nc2cc3ccc(OCCC4CCCCN4C(=O)OC(C)(C)C)c(C)c3oc2=O)cc1CC=C(C)C. The van der Waals surface area contributed by atoms with Crippen LogP contribution in [-0.2, 0) is 16.0 Å². The number of allylic oxidation sites excluding steroid dienone is 2. The molecule has 0 bridgehead atoms. The lowest BCUT2D eigenvalue weighted by molar-refractivity contribution is -0.131. The second-order valence-electron chi connectivity index (χ2n) is 12.9. The van der Waals surface area contributed by atoms with Crippen molar-refractivity contribution in [3.05, 3.63) is 75.2 Å². The van der Waals surface area contributed by atoms with Crippen molar-refractivity contribution in [1.82, 2.24) is 4.90 Å². The molecule has 46 heavy (non-hydrogen) atoms. The normalized spacial score (nSPS) is 14.8. The zero-order chi connectivity index (χ0) is 33.6. The Morgan fingerprint density at radius 1 is 1.04 bits per heavy atom. The fourth-order valence-corrected chi connectivity index (χ4v) is 5.36. The van der Waals surface area contributed by atoms with Crippen LogP contribution in [0, 0.1) is 6.92 Å². The van der Waals surface area contributed by atoms with Crippen molar-refractivity contribution in [3.63, 3.8) is 0 Å². The zero-order valence-corrected chi connectivity index (χ0v) is 27.8. The average molecular weight is 633 g/mol. The molecule has 0 aliphatic carbocycles. The third-order valence-corrected chi connectivity index (χ3v) is 7.62. The first kappa shape index (κ1) is 34.3. The lowest BCUT2D eigenvalue weighted by Gasteiger charge is -2.36. The van der Waals surface area contributed by atoms with Crippen LogP contribution in [0.3, 0.4) is 0 Å². The summed E-state index contributed by atoms with van der Waals surface area (Å²) in [6, 6.07) is 9.93. The Hall–Kier alpha value is -4.60. The van der Waals surface area contributed by atoms with Crippen LogP contribution in [0.4, 0.5) is 10.5 Å². The van der Waals surface area contributed by atoms with Crippen molar-refractivity contribution in [2.75, 3.05) is 18.5 Å². The maximum Gasteiger partial charge on any atom is 0.410 e. The van der Waals surface area contributed by atoms with E-state index in [4.69, 9.17) is 18.6 Å². The molecule has 1 aliphatic rings. The van der Waals surface area contributed by atoms with Crippen LogP contribution in [0.15, 0.2) is 57.3 Å². The van der Waals surface area contributed by atoms with Gasteiger partial charge in [0.15, 0.2) is 0 Å². The lowest BCUT2D eigenvalue weighted by Crippen LogP contribution is -2.46. The number of fused-ring (bicyclic) bond motifs is 1. The number of anilines is 1. The molecule has 1 atom stereocenters. The maximum absolute atomic E-state index is 13.2. The van der Waals surface area contributed by atoms with Gasteiger partial charge >= 0.3 is 17.7 Å². The molecule has 2 heterocycles. The minimum absolute atomic E-state index is 0.0000112. The number of piperidine rings is 1. The highest BCUT2D eigenvalue weighted by atomic mass is 16.6. The summed E-state index contributed by atoms with van der Waals surface area (Å²) in [6.45, 7) is 13.7. The Bertz CT molecular complexity index is 1690. The van der Waals surface area contributed by atoms with Crippen molar-refractivity contribution < 1.29 is 33.0 Å². The van der Waals surface area contributed by atoms with E-state index in [1.54, 1.807) is 35.2 Å². The van der Waals surface area contributed by atoms with Gasteiger partial charge in [-0.1, -0.05) is 11.6 Å². The number of esters is 1. The summed E-state index contributed by atoms with van der Waals surface area (Å²) in [5.41, 5.74) is 1.81. The number of benzene rings is 2. The lowest BCUT2D eigenvalue weighted by atomic mass is 10.0. The number of likely N-dealkylation sites (tertiary alicyclic amines) is 1.